The molecule has 0 radical (unpaired) electrons. The Balaban J connectivity index is 1.80. The second kappa shape index (κ2) is 8.43. The number of rotatable bonds is 3. The summed E-state index contributed by atoms with van der Waals surface area (Å²) < 4.78 is 68.9. The van der Waals surface area contributed by atoms with E-state index >= 15 is 0 Å². The van der Waals surface area contributed by atoms with Crippen molar-refractivity contribution in [2.75, 3.05) is 16.8 Å². The van der Waals surface area contributed by atoms with E-state index in [-0.39, 0.29) is 24.1 Å². The van der Waals surface area contributed by atoms with Gasteiger partial charge in [0, 0.05) is 18.8 Å². The number of hydrogen-bond acceptors (Lipinski definition) is 5. The van der Waals surface area contributed by atoms with Crippen molar-refractivity contribution >= 4 is 34.9 Å². The van der Waals surface area contributed by atoms with E-state index in [1.807, 2.05) is 0 Å². The molecular weight excluding hydrogens is 489 g/mol. The lowest BCUT2D eigenvalue weighted by Gasteiger charge is -2.29. The molecule has 1 aliphatic carbocycles. The van der Waals surface area contributed by atoms with Crippen LogP contribution in [0.15, 0.2) is 18.2 Å². The number of benzene rings is 1. The number of anilines is 2. The Labute approximate surface area is 194 Å². The Bertz CT molecular complexity index is 1190. The van der Waals surface area contributed by atoms with Gasteiger partial charge in [0.2, 0.25) is 0 Å². The fourth-order valence-electron chi connectivity index (χ4n) is 4.25. The number of likely N-dealkylation sites (N-methyl/N-ethyl adjacent to an activating group) is 1. The zero-order valence-electron chi connectivity index (χ0n) is 17.4. The molecule has 4 rings (SSSR count). The number of fused-ring (bicyclic) bond motifs is 1. The van der Waals surface area contributed by atoms with E-state index < -0.39 is 70.0 Å². The van der Waals surface area contributed by atoms with Gasteiger partial charge in [-0.1, -0.05) is 11.6 Å². The molecule has 13 heteroatoms. The number of alkyl halides is 3. The maximum atomic E-state index is 14.3. The molecule has 0 saturated carbocycles. The molecular formula is C21H17ClF5N3O4. The van der Waals surface area contributed by atoms with Crippen molar-refractivity contribution in [3.8, 4) is 0 Å². The first kappa shape index (κ1) is 24.3. The van der Waals surface area contributed by atoms with Crippen LogP contribution in [0.25, 0.3) is 0 Å². The molecule has 3 unspecified atom stereocenters. The first-order valence-corrected chi connectivity index (χ1v) is 10.4. The van der Waals surface area contributed by atoms with E-state index in [0.717, 1.165) is 13.1 Å². The number of aliphatic hydroxyl groups is 2. The predicted molar refractivity (Wildman–Crippen MR) is 109 cm³/mol. The number of aromatic nitrogens is 1. The summed E-state index contributed by atoms with van der Waals surface area (Å²) in [5.74, 6) is -5.30. The molecule has 2 amide bonds. The Hall–Kier alpha value is -2.83. The van der Waals surface area contributed by atoms with Crippen LogP contribution in [0.5, 0.6) is 0 Å². The summed E-state index contributed by atoms with van der Waals surface area (Å²) in [6, 6.07) is -0.142. The van der Waals surface area contributed by atoms with Gasteiger partial charge in [-0.3, -0.25) is 14.5 Å². The monoisotopic (exact) mass is 505 g/mol. The normalized spacial score (nSPS) is 22.3. The third kappa shape index (κ3) is 3.89. The Morgan fingerprint density at radius 2 is 1.85 bits per heavy atom. The number of amides is 2. The van der Waals surface area contributed by atoms with Crippen LogP contribution in [-0.4, -0.2) is 52.3 Å². The van der Waals surface area contributed by atoms with Crippen LogP contribution in [0.4, 0.5) is 33.5 Å². The third-order valence-electron chi connectivity index (χ3n) is 5.94. The summed E-state index contributed by atoms with van der Waals surface area (Å²) in [5.41, 5.74) is -1.49. The highest BCUT2D eigenvalue weighted by atomic mass is 35.5. The molecule has 1 aromatic heterocycles. The lowest BCUT2D eigenvalue weighted by atomic mass is 10.1. The third-order valence-corrected chi connectivity index (χ3v) is 6.23. The van der Waals surface area contributed by atoms with Gasteiger partial charge < -0.3 is 15.1 Å². The van der Waals surface area contributed by atoms with Crippen molar-refractivity contribution in [3.05, 3.63) is 51.7 Å². The summed E-state index contributed by atoms with van der Waals surface area (Å²) in [4.78, 5) is 31.1. The highest BCUT2D eigenvalue weighted by Crippen LogP contribution is 2.40. The minimum atomic E-state index is -4.78. The number of carbonyl (C=O) groups excluding carboxylic acids is 2. The van der Waals surface area contributed by atoms with Crippen LogP contribution >= 0.6 is 11.6 Å². The number of nitrogens with zero attached hydrogens (tertiary/aromatic N) is 3. The molecule has 7 nitrogen and oxygen atoms in total. The maximum absolute atomic E-state index is 14.3. The standard InChI is InChI=1S/C21H17ClF5N3O4/c1-29(14-6-10(22)11(23)7-12(14)24)19(33)16-17(31)18(32)20(34)30(16)15-5-9(21(25,26)27)8-3-2-4-13(8)28-15/h5-7,16-18,31-32H,2-4H2,1H3. The van der Waals surface area contributed by atoms with Crippen LogP contribution < -0.4 is 9.80 Å². The summed E-state index contributed by atoms with van der Waals surface area (Å²) >= 11 is 5.66. The van der Waals surface area contributed by atoms with E-state index in [1.54, 1.807) is 0 Å². The van der Waals surface area contributed by atoms with Crippen LogP contribution in [0, 0.1) is 11.6 Å². The van der Waals surface area contributed by atoms with Crippen molar-refractivity contribution < 1.29 is 41.8 Å². The van der Waals surface area contributed by atoms with Crippen molar-refractivity contribution in [1.29, 1.82) is 0 Å². The average Bonchev–Trinajstić information content (AvgIpc) is 3.32. The van der Waals surface area contributed by atoms with Crippen LogP contribution in [0.3, 0.4) is 0 Å². The zero-order chi connectivity index (χ0) is 25.1. The second-order valence-corrected chi connectivity index (χ2v) is 8.42. The van der Waals surface area contributed by atoms with Crippen LogP contribution in [0.1, 0.15) is 23.2 Å². The highest BCUT2D eigenvalue weighted by molar-refractivity contribution is 6.31. The van der Waals surface area contributed by atoms with E-state index in [1.165, 1.54) is 0 Å². The molecule has 2 aromatic rings. The predicted octanol–water partition coefficient (Wildman–Crippen LogP) is 2.62. The van der Waals surface area contributed by atoms with Gasteiger partial charge >= 0.3 is 6.18 Å². The molecule has 1 saturated heterocycles. The number of pyridine rings is 1. The first-order chi connectivity index (χ1) is 15.8. The van der Waals surface area contributed by atoms with E-state index in [9.17, 15) is 41.8 Å². The van der Waals surface area contributed by atoms with Gasteiger partial charge in [0.25, 0.3) is 11.8 Å². The van der Waals surface area contributed by atoms with E-state index in [2.05, 4.69) is 4.98 Å². The largest absolute Gasteiger partial charge is 0.416 e. The Morgan fingerprint density at radius 3 is 2.50 bits per heavy atom. The highest BCUT2D eigenvalue weighted by Gasteiger charge is 2.53. The quantitative estimate of drug-likeness (QED) is 0.494. The molecule has 0 spiro atoms. The average molecular weight is 506 g/mol. The van der Waals surface area contributed by atoms with Gasteiger partial charge in [0.1, 0.15) is 29.6 Å². The molecule has 2 heterocycles. The van der Waals surface area contributed by atoms with Gasteiger partial charge in [-0.05, 0) is 37.0 Å². The molecule has 2 aliphatic rings. The second-order valence-electron chi connectivity index (χ2n) is 8.01. The number of hydrogen-bond donors (Lipinski definition) is 2. The van der Waals surface area contributed by atoms with Gasteiger partial charge in [-0.2, -0.15) is 13.2 Å². The smallest absolute Gasteiger partial charge is 0.387 e. The molecule has 0 bridgehead atoms. The van der Waals surface area contributed by atoms with Crippen molar-refractivity contribution in [1.82, 2.24) is 4.98 Å². The molecule has 1 aromatic carbocycles. The van der Waals surface area contributed by atoms with Gasteiger partial charge in [0.05, 0.1) is 16.3 Å². The maximum Gasteiger partial charge on any atom is 0.416 e. The fraction of sp³-hybridized carbons (Fsp3) is 0.381. The van der Waals surface area contributed by atoms with Gasteiger partial charge in [-0.15, -0.1) is 0 Å². The lowest BCUT2D eigenvalue weighted by molar-refractivity contribution is -0.138. The summed E-state index contributed by atoms with van der Waals surface area (Å²) in [6.07, 6.45) is -8.25. The van der Waals surface area contributed by atoms with Crippen LogP contribution in [-0.2, 0) is 28.6 Å². The molecule has 2 N–H and O–H groups in total. The number of halogens is 6. The van der Waals surface area contributed by atoms with Crippen molar-refractivity contribution in [2.45, 2.75) is 43.7 Å². The fourth-order valence-corrected chi connectivity index (χ4v) is 4.41. The Kier molecular flexibility index (Phi) is 6.03. The van der Waals surface area contributed by atoms with Crippen LogP contribution in [0.2, 0.25) is 5.02 Å². The lowest BCUT2D eigenvalue weighted by Crippen LogP contribution is -2.50. The van der Waals surface area contributed by atoms with Crippen molar-refractivity contribution in [3.63, 3.8) is 0 Å². The van der Waals surface area contributed by atoms with E-state index in [4.69, 9.17) is 11.6 Å². The van der Waals surface area contributed by atoms with E-state index in [0.29, 0.717) is 28.4 Å². The topological polar surface area (TPSA) is 94.0 Å². The molecule has 3 atom stereocenters. The summed E-state index contributed by atoms with van der Waals surface area (Å²) in [6.45, 7) is 0. The molecule has 1 fully saturated rings. The Morgan fingerprint density at radius 1 is 1.18 bits per heavy atom. The minimum Gasteiger partial charge on any atom is -0.387 e. The summed E-state index contributed by atoms with van der Waals surface area (Å²) in [5, 5.41) is 20.0. The molecule has 1 aliphatic heterocycles. The molecule has 182 valence electrons. The summed E-state index contributed by atoms with van der Waals surface area (Å²) in [7, 11) is 1.03. The van der Waals surface area contributed by atoms with Gasteiger partial charge in [-0.25, -0.2) is 13.8 Å². The number of aryl methyl sites for hydroxylation is 1. The SMILES string of the molecule is CN(C(=O)C1C(O)C(O)C(=O)N1c1cc(C(F)(F)F)c2c(n1)CCC2)c1cc(Cl)c(F)cc1F. The first-order valence-electron chi connectivity index (χ1n) is 10.0. The minimum absolute atomic E-state index is 0.0213. The van der Waals surface area contributed by atoms with Crippen molar-refractivity contribution in [2.24, 2.45) is 0 Å². The van der Waals surface area contributed by atoms with Gasteiger partial charge in [0.15, 0.2) is 6.10 Å². The number of carbonyl (C=O) groups is 2. The number of aliphatic hydroxyl groups excluding tert-OH is 2. The molecule has 34 heavy (non-hydrogen) atoms. The zero-order valence-corrected chi connectivity index (χ0v) is 18.2.